The standard InChI is InChI=1S/C19H29N3O/c1-16-7-9-17(10-8-16)20-19(23)6-4-11-21-13-14-22-12-3-2-5-18(22)15-21/h7-10,18H,2-6,11-15H2,1H3,(H,20,23). The number of carbonyl (C=O) groups is 1. The number of piperidine rings is 1. The summed E-state index contributed by atoms with van der Waals surface area (Å²) in [5, 5.41) is 2.99. The number of carbonyl (C=O) groups excluding carboxylic acids is 1. The molecule has 1 amide bonds. The van der Waals surface area contributed by atoms with Crippen molar-refractivity contribution in [3.8, 4) is 0 Å². The maximum Gasteiger partial charge on any atom is 0.224 e. The molecule has 1 aromatic carbocycles. The Kier molecular flexibility index (Phi) is 5.68. The molecule has 0 saturated carbocycles. The summed E-state index contributed by atoms with van der Waals surface area (Å²) in [7, 11) is 0. The number of nitrogens with zero attached hydrogens (tertiary/aromatic N) is 2. The molecule has 2 aliphatic heterocycles. The summed E-state index contributed by atoms with van der Waals surface area (Å²) >= 11 is 0. The Bertz CT molecular complexity index is 514. The van der Waals surface area contributed by atoms with Gasteiger partial charge in [-0.1, -0.05) is 24.1 Å². The second-order valence-electron chi connectivity index (χ2n) is 7.00. The molecule has 0 radical (unpaired) electrons. The molecule has 2 saturated heterocycles. The van der Waals surface area contributed by atoms with Gasteiger partial charge in [0.15, 0.2) is 0 Å². The predicted octanol–water partition coefficient (Wildman–Crippen LogP) is 2.88. The van der Waals surface area contributed by atoms with Crippen molar-refractivity contribution in [1.82, 2.24) is 9.80 Å². The fraction of sp³-hybridized carbons (Fsp3) is 0.632. The summed E-state index contributed by atoms with van der Waals surface area (Å²) in [5.74, 6) is 0.130. The zero-order valence-corrected chi connectivity index (χ0v) is 14.3. The Labute approximate surface area is 139 Å². The van der Waals surface area contributed by atoms with Crippen LogP contribution in [0.25, 0.3) is 0 Å². The van der Waals surface area contributed by atoms with E-state index in [0.717, 1.165) is 31.2 Å². The first-order valence-electron chi connectivity index (χ1n) is 9.03. The Morgan fingerprint density at radius 1 is 1.17 bits per heavy atom. The van der Waals surface area contributed by atoms with Crippen LogP contribution >= 0.6 is 0 Å². The quantitative estimate of drug-likeness (QED) is 0.907. The molecule has 1 unspecified atom stereocenters. The van der Waals surface area contributed by atoms with Gasteiger partial charge in [0.2, 0.25) is 5.91 Å². The van der Waals surface area contributed by atoms with E-state index in [1.54, 1.807) is 0 Å². The third kappa shape index (κ3) is 4.79. The van der Waals surface area contributed by atoms with E-state index >= 15 is 0 Å². The second-order valence-corrected chi connectivity index (χ2v) is 7.00. The Hall–Kier alpha value is -1.39. The highest BCUT2D eigenvalue weighted by Crippen LogP contribution is 2.21. The van der Waals surface area contributed by atoms with E-state index in [-0.39, 0.29) is 5.91 Å². The van der Waals surface area contributed by atoms with Crippen molar-refractivity contribution in [3.05, 3.63) is 29.8 Å². The number of hydrogen-bond donors (Lipinski definition) is 1. The lowest BCUT2D eigenvalue weighted by molar-refractivity contribution is -0.116. The van der Waals surface area contributed by atoms with Crippen molar-refractivity contribution < 1.29 is 4.79 Å². The highest BCUT2D eigenvalue weighted by Gasteiger charge is 2.28. The van der Waals surface area contributed by atoms with Gasteiger partial charge in [0.25, 0.3) is 0 Å². The molecule has 0 spiro atoms. The summed E-state index contributed by atoms with van der Waals surface area (Å²) in [6.07, 6.45) is 5.66. The smallest absolute Gasteiger partial charge is 0.224 e. The van der Waals surface area contributed by atoms with E-state index in [4.69, 9.17) is 0 Å². The summed E-state index contributed by atoms with van der Waals surface area (Å²) in [4.78, 5) is 17.2. The lowest BCUT2D eigenvalue weighted by atomic mass is 9.99. The van der Waals surface area contributed by atoms with Crippen molar-refractivity contribution in [1.29, 1.82) is 0 Å². The normalized spacial score (nSPS) is 22.6. The number of amides is 1. The van der Waals surface area contributed by atoms with Gasteiger partial charge < -0.3 is 10.2 Å². The van der Waals surface area contributed by atoms with Gasteiger partial charge in [-0.2, -0.15) is 0 Å². The summed E-state index contributed by atoms with van der Waals surface area (Å²) < 4.78 is 0. The van der Waals surface area contributed by atoms with E-state index in [9.17, 15) is 4.79 Å². The molecular formula is C19H29N3O. The second kappa shape index (κ2) is 7.93. The Morgan fingerprint density at radius 3 is 2.83 bits per heavy atom. The molecule has 126 valence electrons. The van der Waals surface area contributed by atoms with Gasteiger partial charge in [-0.3, -0.25) is 9.69 Å². The lowest BCUT2D eigenvalue weighted by Gasteiger charge is -2.44. The van der Waals surface area contributed by atoms with Crippen LogP contribution < -0.4 is 5.32 Å². The number of fused-ring (bicyclic) bond motifs is 1. The largest absolute Gasteiger partial charge is 0.326 e. The number of benzene rings is 1. The molecule has 0 aromatic heterocycles. The van der Waals surface area contributed by atoms with Gasteiger partial charge in [-0.25, -0.2) is 0 Å². The highest BCUT2D eigenvalue weighted by molar-refractivity contribution is 5.90. The molecule has 1 aromatic rings. The highest BCUT2D eigenvalue weighted by atomic mass is 16.1. The number of rotatable bonds is 5. The minimum atomic E-state index is 0.130. The van der Waals surface area contributed by atoms with Gasteiger partial charge >= 0.3 is 0 Å². The van der Waals surface area contributed by atoms with Crippen molar-refractivity contribution in [2.75, 3.05) is 38.0 Å². The Balaban J connectivity index is 1.36. The van der Waals surface area contributed by atoms with E-state index in [1.807, 2.05) is 24.3 Å². The molecule has 4 nitrogen and oxygen atoms in total. The van der Waals surface area contributed by atoms with Crippen LogP contribution in [0.2, 0.25) is 0 Å². The molecule has 1 N–H and O–H groups in total. The molecule has 2 heterocycles. The average Bonchev–Trinajstić information content (AvgIpc) is 2.57. The van der Waals surface area contributed by atoms with Crippen LogP contribution in [0.3, 0.4) is 0 Å². The summed E-state index contributed by atoms with van der Waals surface area (Å²) in [6.45, 7) is 7.96. The van der Waals surface area contributed by atoms with Crippen LogP contribution in [0.15, 0.2) is 24.3 Å². The third-order valence-corrected chi connectivity index (χ3v) is 5.13. The van der Waals surface area contributed by atoms with Crippen LogP contribution in [-0.2, 0) is 4.79 Å². The molecule has 3 rings (SSSR count). The molecule has 23 heavy (non-hydrogen) atoms. The van der Waals surface area contributed by atoms with Crippen LogP contribution in [0.5, 0.6) is 0 Å². The van der Waals surface area contributed by atoms with Gasteiger partial charge in [0.05, 0.1) is 0 Å². The van der Waals surface area contributed by atoms with Crippen LogP contribution in [-0.4, -0.2) is 54.5 Å². The summed E-state index contributed by atoms with van der Waals surface area (Å²) in [5.41, 5.74) is 2.11. The van der Waals surface area contributed by atoms with Crippen molar-refractivity contribution >= 4 is 11.6 Å². The van der Waals surface area contributed by atoms with Crippen LogP contribution in [0.1, 0.15) is 37.7 Å². The third-order valence-electron chi connectivity index (χ3n) is 5.13. The predicted molar refractivity (Wildman–Crippen MR) is 94.7 cm³/mol. The number of nitrogens with one attached hydrogen (secondary N) is 1. The van der Waals surface area contributed by atoms with Gasteiger partial charge in [0.1, 0.15) is 0 Å². The number of piperazine rings is 1. The summed E-state index contributed by atoms with van der Waals surface area (Å²) in [6, 6.07) is 8.75. The molecule has 2 aliphatic rings. The molecule has 0 bridgehead atoms. The average molecular weight is 315 g/mol. The van der Waals surface area contributed by atoms with Crippen LogP contribution in [0, 0.1) is 6.92 Å². The SMILES string of the molecule is Cc1ccc(NC(=O)CCCN2CCN3CCCCC3C2)cc1. The monoisotopic (exact) mass is 315 g/mol. The molecule has 0 aliphatic carbocycles. The zero-order chi connectivity index (χ0) is 16.1. The first-order valence-corrected chi connectivity index (χ1v) is 9.03. The van der Waals surface area contributed by atoms with Gasteiger partial charge in [0, 0.05) is 37.8 Å². The van der Waals surface area contributed by atoms with E-state index in [1.165, 1.54) is 44.5 Å². The molecular weight excluding hydrogens is 286 g/mol. The number of anilines is 1. The van der Waals surface area contributed by atoms with E-state index in [0.29, 0.717) is 6.42 Å². The minimum Gasteiger partial charge on any atom is -0.326 e. The lowest BCUT2D eigenvalue weighted by Crippen LogP contribution is -2.54. The first-order chi connectivity index (χ1) is 11.2. The van der Waals surface area contributed by atoms with Gasteiger partial charge in [-0.15, -0.1) is 0 Å². The topological polar surface area (TPSA) is 35.6 Å². The molecule has 1 atom stereocenters. The maximum absolute atomic E-state index is 12.0. The van der Waals surface area contributed by atoms with E-state index < -0.39 is 0 Å². The maximum atomic E-state index is 12.0. The number of aryl methyl sites for hydroxylation is 1. The number of hydrogen-bond acceptors (Lipinski definition) is 3. The van der Waals surface area contributed by atoms with Crippen molar-refractivity contribution in [2.24, 2.45) is 0 Å². The van der Waals surface area contributed by atoms with E-state index in [2.05, 4.69) is 22.0 Å². The molecule has 2 fully saturated rings. The van der Waals surface area contributed by atoms with Gasteiger partial charge in [-0.05, 0) is 51.4 Å². The molecule has 4 heteroatoms. The minimum absolute atomic E-state index is 0.130. The van der Waals surface area contributed by atoms with Crippen molar-refractivity contribution in [2.45, 2.75) is 45.1 Å². The van der Waals surface area contributed by atoms with Crippen LogP contribution in [0.4, 0.5) is 5.69 Å². The fourth-order valence-electron chi connectivity index (χ4n) is 3.75. The fourth-order valence-corrected chi connectivity index (χ4v) is 3.75. The van der Waals surface area contributed by atoms with Crippen molar-refractivity contribution in [3.63, 3.8) is 0 Å². The Morgan fingerprint density at radius 2 is 2.00 bits per heavy atom. The first kappa shape index (κ1) is 16.5. The zero-order valence-electron chi connectivity index (χ0n) is 14.3.